The van der Waals surface area contributed by atoms with Gasteiger partial charge in [0, 0.05) is 25.2 Å². The minimum Gasteiger partial charge on any atom is -0.492 e. The topological polar surface area (TPSA) is 100 Å². The highest BCUT2D eigenvalue weighted by Gasteiger charge is 2.23. The van der Waals surface area contributed by atoms with Gasteiger partial charge in [-0.1, -0.05) is 26.2 Å². The van der Waals surface area contributed by atoms with E-state index in [1.54, 1.807) is 0 Å². The lowest BCUT2D eigenvalue weighted by Gasteiger charge is -2.23. The summed E-state index contributed by atoms with van der Waals surface area (Å²) >= 11 is 0. The Kier molecular flexibility index (Phi) is 8.09. The van der Waals surface area contributed by atoms with Crippen LogP contribution in [-0.4, -0.2) is 64.2 Å². The zero-order chi connectivity index (χ0) is 23.0. The quantitative estimate of drug-likeness (QED) is 0.487. The average molecular weight is 459 g/mol. The van der Waals surface area contributed by atoms with Crippen molar-refractivity contribution < 1.29 is 9.13 Å². The molecule has 2 aromatic heterocycles. The second-order valence-corrected chi connectivity index (χ2v) is 8.83. The Morgan fingerprint density at radius 3 is 2.42 bits per heavy atom. The lowest BCUT2D eigenvalue weighted by Crippen LogP contribution is -2.35. The number of likely N-dealkylation sites (N-methyl/N-ethyl adjacent to an activating group) is 1. The summed E-state index contributed by atoms with van der Waals surface area (Å²) in [6.07, 6.45) is 10.1. The molecule has 33 heavy (non-hydrogen) atoms. The summed E-state index contributed by atoms with van der Waals surface area (Å²) < 4.78 is 19.1. The second-order valence-electron chi connectivity index (χ2n) is 8.83. The largest absolute Gasteiger partial charge is 0.492 e. The van der Waals surface area contributed by atoms with Gasteiger partial charge in [0.1, 0.15) is 5.82 Å². The first-order valence-electron chi connectivity index (χ1n) is 12.1. The number of halogens is 1. The van der Waals surface area contributed by atoms with Crippen LogP contribution in [0.15, 0.2) is 12.3 Å². The van der Waals surface area contributed by atoms with E-state index in [1.807, 2.05) is 0 Å². The van der Waals surface area contributed by atoms with Gasteiger partial charge in [0.05, 0.1) is 13.3 Å². The van der Waals surface area contributed by atoms with Gasteiger partial charge in [0.2, 0.25) is 17.8 Å². The van der Waals surface area contributed by atoms with E-state index < -0.39 is 5.82 Å². The van der Waals surface area contributed by atoms with E-state index in [0.29, 0.717) is 35.6 Å². The molecule has 0 aromatic carbocycles. The highest BCUT2D eigenvalue weighted by Crippen LogP contribution is 2.25. The first-order valence-corrected chi connectivity index (χ1v) is 12.1. The molecule has 180 valence electrons. The molecular weight excluding hydrogens is 423 g/mol. The number of ether oxygens (including phenoxy) is 1. The molecule has 0 radical (unpaired) electrons. The second kappa shape index (κ2) is 11.4. The zero-order valence-corrected chi connectivity index (χ0v) is 19.6. The number of aromatic nitrogens is 4. The number of pyridine rings is 1. The van der Waals surface area contributed by atoms with Gasteiger partial charge in [-0.2, -0.15) is 15.0 Å². The molecule has 3 N–H and O–H groups in total. The van der Waals surface area contributed by atoms with E-state index in [0.717, 1.165) is 26.2 Å². The third-order valence-corrected chi connectivity index (χ3v) is 6.59. The van der Waals surface area contributed by atoms with E-state index in [-0.39, 0.29) is 5.75 Å². The smallest absolute Gasteiger partial charge is 0.234 e. The molecule has 1 saturated carbocycles. The molecule has 0 amide bonds. The maximum atomic E-state index is 14.1. The zero-order valence-electron chi connectivity index (χ0n) is 19.6. The van der Waals surface area contributed by atoms with Crippen molar-refractivity contribution in [3.8, 4) is 5.75 Å². The van der Waals surface area contributed by atoms with E-state index in [4.69, 9.17) is 4.74 Å². The molecule has 1 atom stereocenters. The third-order valence-electron chi connectivity index (χ3n) is 6.59. The van der Waals surface area contributed by atoms with Crippen molar-refractivity contribution in [1.82, 2.24) is 24.8 Å². The van der Waals surface area contributed by atoms with Crippen LogP contribution in [0.25, 0.3) is 0 Å². The lowest BCUT2D eigenvalue weighted by molar-refractivity contribution is 0.277. The molecule has 0 spiro atoms. The summed E-state index contributed by atoms with van der Waals surface area (Å²) in [7, 11) is 1.41. The summed E-state index contributed by atoms with van der Waals surface area (Å²) in [5.41, 5.74) is 0. The molecule has 1 aliphatic heterocycles. The van der Waals surface area contributed by atoms with E-state index in [1.165, 1.54) is 64.3 Å². The lowest BCUT2D eigenvalue weighted by atomic mass is 9.89. The van der Waals surface area contributed by atoms with Crippen LogP contribution >= 0.6 is 0 Å². The number of nitrogens with one attached hydrogen (secondary N) is 3. The van der Waals surface area contributed by atoms with Crippen molar-refractivity contribution in [2.45, 2.75) is 57.9 Å². The fourth-order valence-electron chi connectivity index (χ4n) is 4.72. The van der Waals surface area contributed by atoms with Gasteiger partial charge >= 0.3 is 0 Å². The Hall–Kier alpha value is -2.75. The third kappa shape index (κ3) is 6.40. The van der Waals surface area contributed by atoms with Gasteiger partial charge in [0.15, 0.2) is 11.6 Å². The maximum absolute atomic E-state index is 14.1. The van der Waals surface area contributed by atoms with Crippen LogP contribution in [0.5, 0.6) is 5.75 Å². The van der Waals surface area contributed by atoms with Crippen LogP contribution in [0, 0.1) is 11.7 Å². The number of hydrogen-bond donors (Lipinski definition) is 3. The van der Waals surface area contributed by atoms with E-state index >= 15 is 0 Å². The van der Waals surface area contributed by atoms with E-state index in [9.17, 15) is 4.39 Å². The van der Waals surface area contributed by atoms with E-state index in [2.05, 4.69) is 47.7 Å². The highest BCUT2D eigenvalue weighted by atomic mass is 19.1. The molecule has 3 heterocycles. The Balaban J connectivity index is 1.48. The molecular formula is C23H35FN8O. The molecule has 9 nitrogen and oxygen atoms in total. The first kappa shape index (κ1) is 23.4. The number of anilines is 4. The normalized spacial score (nSPS) is 19.4. The summed E-state index contributed by atoms with van der Waals surface area (Å²) in [6, 6.07) is 1.74. The molecule has 4 rings (SSSR count). The number of nitrogens with zero attached hydrogens (tertiary/aromatic N) is 5. The van der Waals surface area contributed by atoms with Crippen LogP contribution in [0.3, 0.4) is 0 Å². The number of likely N-dealkylation sites (tertiary alicyclic amines) is 1. The number of rotatable bonds is 10. The van der Waals surface area contributed by atoms with Gasteiger partial charge in [-0.15, -0.1) is 0 Å². The number of hydrogen-bond acceptors (Lipinski definition) is 9. The van der Waals surface area contributed by atoms with Crippen LogP contribution in [0.4, 0.5) is 28.1 Å². The predicted octanol–water partition coefficient (Wildman–Crippen LogP) is 4.05. The van der Waals surface area contributed by atoms with Gasteiger partial charge < -0.3 is 20.7 Å². The Morgan fingerprint density at radius 2 is 1.73 bits per heavy atom. The molecule has 2 aromatic rings. The van der Waals surface area contributed by atoms with Crippen LogP contribution in [-0.2, 0) is 0 Å². The predicted molar refractivity (Wildman–Crippen MR) is 128 cm³/mol. The molecule has 1 unspecified atom stereocenters. The fourth-order valence-corrected chi connectivity index (χ4v) is 4.72. The molecule has 1 aliphatic carbocycles. The molecule has 10 heteroatoms. The van der Waals surface area contributed by atoms with Gasteiger partial charge in [-0.25, -0.2) is 9.37 Å². The van der Waals surface area contributed by atoms with Crippen molar-refractivity contribution >= 4 is 23.7 Å². The molecule has 2 aliphatic rings. The Labute approximate surface area is 195 Å². The summed E-state index contributed by atoms with van der Waals surface area (Å²) in [5.74, 6) is 1.84. The SMILES string of the molecule is CCN1CCCC1CNc1nc(NCC2CCCCC2)nc(Nc2cc(F)c(OC)cn2)n1. The number of methoxy groups -OCH3 is 1. The van der Waals surface area contributed by atoms with Gasteiger partial charge in [-0.05, 0) is 44.7 Å². The standard InChI is InChI=1S/C23H35FN8O/c1-3-32-11-7-10-17(32)14-27-22-29-21(26-13-16-8-5-4-6-9-16)30-23(31-22)28-20-12-18(24)19(33-2)15-25-20/h12,15-17H,3-11,13-14H2,1-2H3,(H3,25,26,27,28,29,30,31). The highest BCUT2D eigenvalue weighted by molar-refractivity contribution is 5.52. The van der Waals surface area contributed by atoms with Crippen molar-refractivity contribution in [3.63, 3.8) is 0 Å². The fraction of sp³-hybridized carbons (Fsp3) is 0.652. The van der Waals surface area contributed by atoms with Crippen molar-refractivity contribution in [3.05, 3.63) is 18.1 Å². The summed E-state index contributed by atoms with van der Waals surface area (Å²) in [6.45, 7) is 5.98. The van der Waals surface area contributed by atoms with Gasteiger partial charge in [-0.3, -0.25) is 4.90 Å². The average Bonchev–Trinajstić information content (AvgIpc) is 3.30. The Bertz CT molecular complexity index is 908. The summed E-state index contributed by atoms with van der Waals surface area (Å²) in [5, 5.41) is 9.78. The minimum atomic E-state index is -0.501. The van der Waals surface area contributed by atoms with Gasteiger partial charge in [0.25, 0.3) is 0 Å². The minimum absolute atomic E-state index is 0.0884. The van der Waals surface area contributed by atoms with Crippen molar-refractivity contribution in [2.75, 3.05) is 49.2 Å². The molecule has 0 bridgehead atoms. The van der Waals surface area contributed by atoms with Crippen molar-refractivity contribution in [2.24, 2.45) is 5.92 Å². The first-order chi connectivity index (χ1) is 16.1. The Morgan fingerprint density at radius 1 is 1.00 bits per heavy atom. The molecule has 2 fully saturated rings. The van der Waals surface area contributed by atoms with Crippen LogP contribution in [0.2, 0.25) is 0 Å². The monoisotopic (exact) mass is 458 g/mol. The van der Waals surface area contributed by atoms with Crippen molar-refractivity contribution in [1.29, 1.82) is 0 Å². The molecule has 1 saturated heterocycles. The van der Waals surface area contributed by atoms with Crippen LogP contribution < -0.4 is 20.7 Å². The summed E-state index contributed by atoms with van der Waals surface area (Å²) in [4.78, 5) is 20.3. The maximum Gasteiger partial charge on any atom is 0.234 e. The van der Waals surface area contributed by atoms with Crippen LogP contribution in [0.1, 0.15) is 51.9 Å².